The number of esters is 1. The summed E-state index contributed by atoms with van der Waals surface area (Å²) < 4.78 is 5.39. The number of nitrogens with one attached hydrogen (secondary N) is 1. The summed E-state index contributed by atoms with van der Waals surface area (Å²) in [4.78, 5) is 24.2. The van der Waals surface area contributed by atoms with Crippen molar-refractivity contribution in [1.29, 1.82) is 0 Å². The number of amides is 1. The van der Waals surface area contributed by atoms with E-state index in [-0.39, 0.29) is 18.5 Å². The van der Waals surface area contributed by atoms with Crippen molar-refractivity contribution in [2.45, 2.75) is 219 Å². The van der Waals surface area contributed by atoms with Crippen LogP contribution < -0.4 is 5.32 Å². The SMILES string of the molecule is CCCCCCCCCC/C=C/C(O)C(CO)NC(=O)CCCCCC/C=C\CCCCOC(=O)CCCCCCCCCCCCC. The molecule has 3 N–H and O–H groups in total. The molecule has 0 heterocycles. The van der Waals surface area contributed by atoms with E-state index in [1.165, 1.54) is 103 Å². The molecule has 2 atom stereocenters. The van der Waals surface area contributed by atoms with Crippen LogP contribution in [0.3, 0.4) is 0 Å². The first-order chi connectivity index (χ1) is 23.5. The summed E-state index contributed by atoms with van der Waals surface area (Å²) in [5.41, 5.74) is 0. The number of allylic oxidation sites excluding steroid dienone is 3. The molecule has 0 aliphatic heterocycles. The zero-order valence-electron chi connectivity index (χ0n) is 31.7. The van der Waals surface area contributed by atoms with Crippen molar-refractivity contribution < 1.29 is 24.5 Å². The normalized spacial score (nSPS) is 13.0. The lowest BCUT2D eigenvalue weighted by Gasteiger charge is -2.20. The minimum absolute atomic E-state index is 0.0403. The molecule has 0 aliphatic carbocycles. The van der Waals surface area contributed by atoms with Crippen LogP contribution >= 0.6 is 0 Å². The number of aliphatic hydroxyl groups excluding tert-OH is 2. The molecule has 0 bridgehead atoms. The van der Waals surface area contributed by atoms with Crippen LogP contribution in [0, 0.1) is 0 Å². The van der Waals surface area contributed by atoms with Gasteiger partial charge < -0.3 is 20.3 Å². The van der Waals surface area contributed by atoms with Crippen molar-refractivity contribution in [3.63, 3.8) is 0 Å². The summed E-state index contributed by atoms with van der Waals surface area (Å²) in [5, 5.41) is 22.8. The maximum Gasteiger partial charge on any atom is 0.305 e. The van der Waals surface area contributed by atoms with Crippen LogP contribution in [-0.4, -0.2) is 47.4 Å². The number of rotatable bonds is 37. The second-order valence-corrected chi connectivity index (χ2v) is 14.0. The molecule has 1 amide bonds. The Morgan fingerprint density at radius 3 is 1.48 bits per heavy atom. The van der Waals surface area contributed by atoms with Gasteiger partial charge in [-0.25, -0.2) is 0 Å². The molecule has 0 radical (unpaired) electrons. The molecule has 282 valence electrons. The van der Waals surface area contributed by atoms with Crippen LogP contribution in [-0.2, 0) is 14.3 Å². The number of hydrogen-bond acceptors (Lipinski definition) is 5. The molecule has 6 nitrogen and oxygen atoms in total. The van der Waals surface area contributed by atoms with Gasteiger partial charge in [-0.2, -0.15) is 0 Å². The number of unbranched alkanes of at least 4 members (excludes halogenated alkanes) is 24. The van der Waals surface area contributed by atoms with Gasteiger partial charge in [0.1, 0.15) is 0 Å². The van der Waals surface area contributed by atoms with E-state index in [9.17, 15) is 19.8 Å². The number of ether oxygens (including phenoxy) is 1. The maximum atomic E-state index is 12.3. The first-order valence-electron chi connectivity index (χ1n) is 20.6. The van der Waals surface area contributed by atoms with Gasteiger partial charge in [0.2, 0.25) is 5.91 Å². The third kappa shape index (κ3) is 34.2. The van der Waals surface area contributed by atoms with E-state index in [1.807, 2.05) is 6.08 Å². The topological polar surface area (TPSA) is 95.9 Å². The largest absolute Gasteiger partial charge is 0.466 e. The number of hydrogen-bond donors (Lipinski definition) is 3. The maximum absolute atomic E-state index is 12.3. The fourth-order valence-corrected chi connectivity index (χ4v) is 5.98. The van der Waals surface area contributed by atoms with Gasteiger partial charge in [-0.3, -0.25) is 9.59 Å². The average molecular weight is 678 g/mol. The fraction of sp³-hybridized carbons (Fsp3) is 0.857. The van der Waals surface area contributed by atoms with Gasteiger partial charge in [-0.05, 0) is 57.8 Å². The molecule has 2 unspecified atom stereocenters. The molecule has 6 heteroatoms. The Kier molecular flexibility index (Phi) is 36.8. The second kappa shape index (κ2) is 38.1. The average Bonchev–Trinajstić information content (AvgIpc) is 3.08. The van der Waals surface area contributed by atoms with Crippen LogP contribution in [0.2, 0.25) is 0 Å². The van der Waals surface area contributed by atoms with Gasteiger partial charge in [-0.15, -0.1) is 0 Å². The third-order valence-corrected chi connectivity index (χ3v) is 9.22. The second-order valence-electron chi connectivity index (χ2n) is 14.0. The van der Waals surface area contributed by atoms with Crippen molar-refractivity contribution in [2.24, 2.45) is 0 Å². The highest BCUT2D eigenvalue weighted by Crippen LogP contribution is 2.13. The predicted octanol–water partition coefficient (Wildman–Crippen LogP) is 11.2. The molecular formula is C42H79NO5. The summed E-state index contributed by atoms with van der Waals surface area (Å²) in [6.45, 7) is 4.76. The van der Waals surface area contributed by atoms with Gasteiger partial charge in [0.25, 0.3) is 0 Å². The predicted molar refractivity (Wildman–Crippen MR) is 204 cm³/mol. The van der Waals surface area contributed by atoms with Crippen LogP contribution in [0.4, 0.5) is 0 Å². The number of aliphatic hydroxyl groups is 2. The Morgan fingerprint density at radius 1 is 0.562 bits per heavy atom. The Labute approximate surface area is 297 Å². The molecular weight excluding hydrogens is 598 g/mol. The quantitative estimate of drug-likeness (QED) is 0.0345. The Balaban J connectivity index is 3.59. The minimum Gasteiger partial charge on any atom is -0.466 e. The van der Waals surface area contributed by atoms with Gasteiger partial charge in [-0.1, -0.05) is 160 Å². The summed E-state index contributed by atoms with van der Waals surface area (Å²) in [6, 6.07) is -0.649. The van der Waals surface area contributed by atoms with Crippen LogP contribution in [0.15, 0.2) is 24.3 Å². The van der Waals surface area contributed by atoms with E-state index in [0.717, 1.165) is 77.0 Å². The van der Waals surface area contributed by atoms with Crippen molar-refractivity contribution in [1.82, 2.24) is 5.32 Å². The minimum atomic E-state index is -0.862. The molecule has 0 spiro atoms. The zero-order valence-corrected chi connectivity index (χ0v) is 31.7. The molecule has 0 aliphatic rings. The Hall–Kier alpha value is -1.66. The van der Waals surface area contributed by atoms with Gasteiger partial charge >= 0.3 is 5.97 Å². The lowest BCUT2D eigenvalue weighted by Crippen LogP contribution is -2.45. The Morgan fingerprint density at radius 2 is 0.979 bits per heavy atom. The third-order valence-electron chi connectivity index (χ3n) is 9.22. The van der Waals surface area contributed by atoms with Crippen molar-refractivity contribution in [3.05, 3.63) is 24.3 Å². The molecule has 0 aromatic rings. The van der Waals surface area contributed by atoms with E-state index in [1.54, 1.807) is 6.08 Å². The molecule has 48 heavy (non-hydrogen) atoms. The highest BCUT2D eigenvalue weighted by molar-refractivity contribution is 5.76. The van der Waals surface area contributed by atoms with Gasteiger partial charge in [0, 0.05) is 12.8 Å². The van der Waals surface area contributed by atoms with Crippen LogP contribution in [0.25, 0.3) is 0 Å². The lowest BCUT2D eigenvalue weighted by molar-refractivity contribution is -0.143. The van der Waals surface area contributed by atoms with Crippen molar-refractivity contribution in [2.75, 3.05) is 13.2 Å². The van der Waals surface area contributed by atoms with E-state index in [0.29, 0.717) is 19.4 Å². The molecule has 0 aromatic heterocycles. The van der Waals surface area contributed by atoms with Gasteiger partial charge in [0.05, 0.1) is 25.4 Å². The molecule has 0 saturated carbocycles. The highest BCUT2D eigenvalue weighted by atomic mass is 16.5. The number of carbonyl (C=O) groups excluding carboxylic acids is 2. The van der Waals surface area contributed by atoms with Crippen molar-refractivity contribution >= 4 is 11.9 Å². The number of carbonyl (C=O) groups is 2. The van der Waals surface area contributed by atoms with E-state index < -0.39 is 12.1 Å². The molecule has 0 rings (SSSR count). The highest BCUT2D eigenvalue weighted by Gasteiger charge is 2.17. The lowest BCUT2D eigenvalue weighted by atomic mass is 10.1. The van der Waals surface area contributed by atoms with Crippen molar-refractivity contribution in [3.8, 4) is 0 Å². The molecule has 0 fully saturated rings. The monoisotopic (exact) mass is 678 g/mol. The van der Waals surface area contributed by atoms with Gasteiger partial charge in [0.15, 0.2) is 0 Å². The summed E-state index contributed by atoms with van der Waals surface area (Å²) in [7, 11) is 0. The molecule has 0 saturated heterocycles. The van der Waals surface area contributed by atoms with Crippen LogP contribution in [0.5, 0.6) is 0 Å². The summed E-state index contributed by atoms with van der Waals surface area (Å²) >= 11 is 0. The van der Waals surface area contributed by atoms with Crippen LogP contribution in [0.1, 0.15) is 206 Å². The summed E-state index contributed by atoms with van der Waals surface area (Å²) in [6.07, 6.45) is 41.6. The first-order valence-corrected chi connectivity index (χ1v) is 20.6. The Bertz CT molecular complexity index is 752. The van der Waals surface area contributed by atoms with E-state index >= 15 is 0 Å². The van der Waals surface area contributed by atoms with E-state index in [2.05, 4.69) is 31.3 Å². The smallest absolute Gasteiger partial charge is 0.305 e. The summed E-state index contributed by atoms with van der Waals surface area (Å²) in [5.74, 6) is -0.147. The fourth-order valence-electron chi connectivity index (χ4n) is 5.98. The van der Waals surface area contributed by atoms with E-state index in [4.69, 9.17) is 4.74 Å². The zero-order chi connectivity index (χ0) is 35.2. The standard InChI is InChI=1S/C42H79NO5/c1-3-5-7-9-11-13-15-20-24-28-32-36-42(47)48-37-33-29-25-21-17-16-19-23-27-31-35-41(46)43-39(38-44)40(45)34-30-26-22-18-14-12-10-8-6-4-2/h17,21,30,34,39-40,44-45H,3-16,18-20,22-29,31-33,35-38H2,1-2H3,(H,43,46)/b21-17-,34-30+. The first kappa shape index (κ1) is 46.3. The molecule has 0 aromatic carbocycles.